The average Bonchev–Trinajstić information content (AvgIpc) is 3.41. The van der Waals surface area contributed by atoms with Gasteiger partial charge in [0.2, 0.25) is 0 Å². The SMILES string of the molecule is CC1CN(C(=O)O[C@@H]2CCOC2)CCN1C(=O)c1ccc(NS(=O)(=O)c2cccc3cccnc23)cc1. The Labute approximate surface area is 215 Å². The number of rotatable bonds is 5. The molecule has 2 fully saturated rings. The first kappa shape index (κ1) is 25.0. The molecule has 0 spiro atoms. The van der Waals surface area contributed by atoms with Gasteiger partial charge in [0.05, 0.1) is 18.7 Å². The van der Waals surface area contributed by atoms with E-state index in [1.54, 1.807) is 64.5 Å². The zero-order valence-electron chi connectivity index (χ0n) is 20.4. The summed E-state index contributed by atoms with van der Waals surface area (Å²) in [5.41, 5.74) is 1.15. The van der Waals surface area contributed by atoms with Gasteiger partial charge >= 0.3 is 6.09 Å². The molecule has 5 rings (SSSR count). The molecule has 0 aliphatic carbocycles. The van der Waals surface area contributed by atoms with Crippen LogP contribution >= 0.6 is 0 Å². The van der Waals surface area contributed by atoms with Crippen LogP contribution in [0.2, 0.25) is 0 Å². The van der Waals surface area contributed by atoms with Gasteiger partial charge in [-0.25, -0.2) is 13.2 Å². The van der Waals surface area contributed by atoms with Crippen LogP contribution in [-0.2, 0) is 19.5 Å². The van der Waals surface area contributed by atoms with Crippen LogP contribution < -0.4 is 4.72 Å². The molecule has 1 unspecified atom stereocenters. The molecule has 2 aliphatic heterocycles. The molecule has 2 aromatic carbocycles. The molecular formula is C26H28N4O6S. The van der Waals surface area contributed by atoms with Crippen molar-refractivity contribution in [3.8, 4) is 0 Å². The Bertz CT molecular complexity index is 1400. The van der Waals surface area contributed by atoms with Crippen LogP contribution in [0.15, 0.2) is 65.7 Å². The standard InChI is InChI=1S/C26H28N4O6S/c1-18-16-29(26(32)36-22-11-15-35-17-22)13-14-30(18)25(31)20-7-9-21(10-8-20)28-37(33,34)23-6-2-4-19-5-3-12-27-24(19)23/h2-10,12,18,22,28H,11,13-17H2,1H3/t18?,22-/m1/s1. The summed E-state index contributed by atoms with van der Waals surface area (Å²) < 4.78 is 39.4. The molecule has 1 aromatic heterocycles. The highest BCUT2D eigenvalue weighted by molar-refractivity contribution is 7.93. The van der Waals surface area contributed by atoms with E-state index in [4.69, 9.17) is 9.47 Å². The molecule has 37 heavy (non-hydrogen) atoms. The molecule has 3 heterocycles. The minimum absolute atomic E-state index is 0.0800. The normalized spacial score (nSPS) is 20.1. The highest BCUT2D eigenvalue weighted by Gasteiger charge is 2.32. The zero-order valence-corrected chi connectivity index (χ0v) is 21.2. The molecule has 2 aliphatic rings. The monoisotopic (exact) mass is 524 g/mol. The highest BCUT2D eigenvalue weighted by Crippen LogP contribution is 2.24. The fourth-order valence-corrected chi connectivity index (χ4v) is 5.84. The van der Waals surface area contributed by atoms with Gasteiger partial charge in [-0.3, -0.25) is 14.5 Å². The first-order valence-electron chi connectivity index (χ1n) is 12.1. The highest BCUT2D eigenvalue weighted by atomic mass is 32.2. The summed E-state index contributed by atoms with van der Waals surface area (Å²) in [6.45, 7) is 4.02. The van der Waals surface area contributed by atoms with Crippen molar-refractivity contribution in [2.24, 2.45) is 0 Å². The summed E-state index contributed by atoms with van der Waals surface area (Å²) >= 11 is 0. The van der Waals surface area contributed by atoms with Crippen LogP contribution in [-0.4, -0.2) is 80.2 Å². The van der Waals surface area contributed by atoms with Gasteiger partial charge in [-0.1, -0.05) is 18.2 Å². The first-order chi connectivity index (χ1) is 17.8. The number of amides is 2. The fraction of sp³-hybridized carbons (Fsp3) is 0.346. The molecule has 2 saturated heterocycles. The number of hydrogen-bond acceptors (Lipinski definition) is 7. The van der Waals surface area contributed by atoms with Crippen molar-refractivity contribution in [2.75, 3.05) is 37.6 Å². The average molecular weight is 525 g/mol. The second-order valence-corrected chi connectivity index (χ2v) is 10.8. The van der Waals surface area contributed by atoms with Crippen LogP contribution in [0.4, 0.5) is 10.5 Å². The third-order valence-electron chi connectivity index (χ3n) is 6.57. The van der Waals surface area contributed by atoms with Crippen molar-refractivity contribution in [2.45, 2.75) is 30.4 Å². The maximum atomic E-state index is 13.2. The molecule has 3 aromatic rings. The second kappa shape index (κ2) is 10.3. The molecular weight excluding hydrogens is 496 g/mol. The molecule has 1 N–H and O–H groups in total. The van der Waals surface area contributed by atoms with E-state index in [9.17, 15) is 18.0 Å². The van der Waals surface area contributed by atoms with E-state index < -0.39 is 10.0 Å². The van der Waals surface area contributed by atoms with Crippen molar-refractivity contribution in [3.05, 3.63) is 66.4 Å². The lowest BCUT2D eigenvalue weighted by Crippen LogP contribution is -2.55. The van der Waals surface area contributed by atoms with E-state index >= 15 is 0 Å². The molecule has 2 amide bonds. The summed E-state index contributed by atoms with van der Waals surface area (Å²) in [6, 6.07) is 14.6. The Balaban J connectivity index is 1.22. The Morgan fingerprint density at radius 1 is 1.08 bits per heavy atom. The summed E-state index contributed by atoms with van der Waals surface area (Å²) in [6.07, 6.45) is 1.66. The minimum Gasteiger partial charge on any atom is -0.444 e. The minimum atomic E-state index is -3.89. The number of pyridine rings is 1. The number of carbonyl (C=O) groups excluding carboxylic acids is 2. The van der Waals surface area contributed by atoms with E-state index in [0.29, 0.717) is 56.0 Å². The van der Waals surface area contributed by atoms with E-state index in [0.717, 1.165) is 5.39 Å². The molecule has 0 radical (unpaired) electrons. The second-order valence-electron chi connectivity index (χ2n) is 9.18. The van der Waals surface area contributed by atoms with Crippen molar-refractivity contribution in [1.82, 2.24) is 14.8 Å². The number of aromatic nitrogens is 1. The number of benzene rings is 2. The van der Waals surface area contributed by atoms with Crippen LogP contribution in [0.25, 0.3) is 10.9 Å². The van der Waals surface area contributed by atoms with Crippen LogP contribution in [0.5, 0.6) is 0 Å². The Morgan fingerprint density at radius 2 is 1.86 bits per heavy atom. The number of nitrogens with zero attached hydrogens (tertiary/aromatic N) is 3. The van der Waals surface area contributed by atoms with Crippen molar-refractivity contribution in [3.63, 3.8) is 0 Å². The third-order valence-corrected chi connectivity index (χ3v) is 7.98. The van der Waals surface area contributed by atoms with E-state index in [1.807, 2.05) is 6.92 Å². The van der Waals surface area contributed by atoms with E-state index in [-0.39, 0.29) is 29.0 Å². The van der Waals surface area contributed by atoms with Crippen LogP contribution in [0, 0.1) is 0 Å². The summed E-state index contributed by atoms with van der Waals surface area (Å²) in [5.74, 6) is -0.183. The maximum absolute atomic E-state index is 13.2. The Kier molecular flexibility index (Phi) is 6.98. The van der Waals surface area contributed by atoms with Gasteiger partial charge in [0, 0.05) is 54.9 Å². The predicted octanol–water partition coefficient (Wildman–Crippen LogP) is 3.11. The van der Waals surface area contributed by atoms with Crippen molar-refractivity contribution >= 4 is 38.6 Å². The van der Waals surface area contributed by atoms with E-state index in [2.05, 4.69) is 9.71 Å². The molecule has 2 atom stereocenters. The number of anilines is 1. The predicted molar refractivity (Wildman–Crippen MR) is 137 cm³/mol. The lowest BCUT2D eigenvalue weighted by Gasteiger charge is -2.39. The third kappa shape index (κ3) is 5.37. The largest absolute Gasteiger partial charge is 0.444 e. The van der Waals surface area contributed by atoms with Gasteiger partial charge in [0.1, 0.15) is 11.0 Å². The molecule has 194 valence electrons. The Hall–Kier alpha value is -3.70. The number of piperazine rings is 1. The van der Waals surface area contributed by atoms with Crippen molar-refractivity contribution < 1.29 is 27.5 Å². The number of para-hydroxylation sites is 1. The summed E-state index contributed by atoms with van der Waals surface area (Å²) in [4.78, 5) is 33.2. The van der Waals surface area contributed by atoms with Crippen molar-refractivity contribution in [1.29, 1.82) is 0 Å². The molecule has 0 bridgehead atoms. The van der Waals surface area contributed by atoms with Gasteiger partial charge in [0.15, 0.2) is 0 Å². The number of fused-ring (bicyclic) bond motifs is 1. The maximum Gasteiger partial charge on any atom is 0.410 e. The number of carbonyl (C=O) groups is 2. The lowest BCUT2D eigenvalue weighted by molar-refractivity contribution is 0.0258. The van der Waals surface area contributed by atoms with Crippen LogP contribution in [0.1, 0.15) is 23.7 Å². The van der Waals surface area contributed by atoms with Gasteiger partial charge in [-0.15, -0.1) is 0 Å². The topological polar surface area (TPSA) is 118 Å². The zero-order chi connectivity index (χ0) is 26.0. The number of sulfonamides is 1. The summed E-state index contributed by atoms with van der Waals surface area (Å²) in [7, 11) is -3.89. The summed E-state index contributed by atoms with van der Waals surface area (Å²) in [5, 5.41) is 0.723. The fourth-order valence-electron chi connectivity index (χ4n) is 4.60. The Morgan fingerprint density at radius 3 is 2.59 bits per heavy atom. The molecule has 0 saturated carbocycles. The quantitative estimate of drug-likeness (QED) is 0.545. The van der Waals surface area contributed by atoms with Gasteiger partial charge in [0.25, 0.3) is 15.9 Å². The first-order valence-corrected chi connectivity index (χ1v) is 13.6. The number of ether oxygens (including phenoxy) is 2. The van der Waals surface area contributed by atoms with E-state index in [1.165, 1.54) is 6.07 Å². The van der Waals surface area contributed by atoms with Crippen LogP contribution in [0.3, 0.4) is 0 Å². The number of hydrogen-bond donors (Lipinski definition) is 1. The molecule has 11 heteroatoms. The van der Waals surface area contributed by atoms with Gasteiger partial charge in [-0.2, -0.15) is 0 Å². The van der Waals surface area contributed by atoms with Gasteiger partial charge in [-0.05, 0) is 43.3 Å². The molecule has 10 nitrogen and oxygen atoms in total. The van der Waals surface area contributed by atoms with Gasteiger partial charge < -0.3 is 19.3 Å². The smallest absolute Gasteiger partial charge is 0.410 e. The number of nitrogens with one attached hydrogen (secondary N) is 1. The lowest BCUT2D eigenvalue weighted by atomic mass is 10.1.